The summed E-state index contributed by atoms with van der Waals surface area (Å²) in [7, 11) is 0. The van der Waals surface area contributed by atoms with E-state index >= 15 is 0 Å². The summed E-state index contributed by atoms with van der Waals surface area (Å²) >= 11 is 0. The van der Waals surface area contributed by atoms with Gasteiger partial charge in [-0.3, -0.25) is 0 Å². The molecule has 1 aromatic carbocycles. The van der Waals surface area contributed by atoms with Crippen LogP contribution in [0.15, 0.2) is 54.2 Å². The Labute approximate surface area is 148 Å². The summed E-state index contributed by atoms with van der Waals surface area (Å²) in [4.78, 5) is 12.1. The molecule has 0 unspecified atom stereocenters. The third-order valence-corrected chi connectivity index (χ3v) is 2.86. The van der Waals surface area contributed by atoms with Crippen LogP contribution in [0.5, 0.6) is 0 Å². The second kappa shape index (κ2) is 9.99. The van der Waals surface area contributed by atoms with Gasteiger partial charge < -0.3 is 15.6 Å². The van der Waals surface area contributed by atoms with Crippen LogP contribution in [-0.2, 0) is 6.54 Å². The van der Waals surface area contributed by atoms with Crippen molar-refractivity contribution < 1.29 is 0 Å². The molecule has 0 amide bonds. The van der Waals surface area contributed by atoms with Gasteiger partial charge in [-0.25, -0.2) is 9.98 Å². The minimum absolute atomic E-state index is 0. The standard InChI is InChI=1S/C16H21N5.HI/c1-3-10-18-16(17-4-2)20-12-15-19-11-14(21-15)13-8-6-5-7-9-13;/h3,5-9,11H,1,4,10,12H2,2H3,(H,19,21)(H2,17,18,20);1H. The van der Waals surface area contributed by atoms with Crippen LogP contribution < -0.4 is 10.6 Å². The van der Waals surface area contributed by atoms with Gasteiger partial charge in [-0.2, -0.15) is 0 Å². The number of rotatable bonds is 6. The summed E-state index contributed by atoms with van der Waals surface area (Å²) in [6, 6.07) is 10.1. The third kappa shape index (κ3) is 5.51. The second-order valence-electron chi connectivity index (χ2n) is 4.47. The lowest BCUT2D eigenvalue weighted by Gasteiger charge is -2.08. The lowest BCUT2D eigenvalue weighted by atomic mass is 10.2. The molecule has 1 heterocycles. The highest BCUT2D eigenvalue weighted by Gasteiger charge is 2.03. The number of aromatic nitrogens is 2. The van der Waals surface area contributed by atoms with E-state index in [4.69, 9.17) is 0 Å². The first-order valence-corrected chi connectivity index (χ1v) is 7.06. The molecule has 0 fully saturated rings. The largest absolute Gasteiger partial charge is 0.357 e. The van der Waals surface area contributed by atoms with Crippen LogP contribution in [0.25, 0.3) is 11.3 Å². The van der Waals surface area contributed by atoms with Crippen molar-refractivity contribution in [2.24, 2.45) is 4.99 Å². The predicted octanol–water partition coefficient (Wildman–Crippen LogP) is 2.94. The smallest absolute Gasteiger partial charge is 0.191 e. The van der Waals surface area contributed by atoms with E-state index in [1.165, 1.54) is 0 Å². The van der Waals surface area contributed by atoms with Gasteiger partial charge in [0.2, 0.25) is 0 Å². The molecule has 118 valence electrons. The maximum absolute atomic E-state index is 4.48. The Hall–Kier alpha value is -1.83. The van der Waals surface area contributed by atoms with Gasteiger partial charge in [0.15, 0.2) is 5.96 Å². The summed E-state index contributed by atoms with van der Waals surface area (Å²) in [6.45, 7) is 7.71. The summed E-state index contributed by atoms with van der Waals surface area (Å²) in [5.74, 6) is 1.60. The molecule has 6 heteroatoms. The average molecular weight is 411 g/mol. The van der Waals surface area contributed by atoms with Gasteiger partial charge >= 0.3 is 0 Å². The molecule has 0 aliphatic rings. The van der Waals surface area contributed by atoms with Crippen molar-refractivity contribution in [3.05, 3.63) is 55.0 Å². The van der Waals surface area contributed by atoms with E-state index in [1.807, 2.05) is 31.3 Å². The molecule has 0 saturated carbocycles. The maximum atomic E-state index is 4.48. The second-order valence-corrected chi connectivity index (χ2v) is 4.47. The van der Waals surface area contributed by atoms with E-state index in [0.717, 1.165) is 29.6 Å². The summed E-state index contributed by atoms with van der Waals surface area (Å²) in [5.41, 5.74) is 2.13. The number of aromatic amines is 1. The van der Waals surface area contributed by atoms with Gasteiger partial charge in [-0.05, 0) is 12.5 Å². The van der Waals surface area contributed by atoms with Gasteiger partial charge in [-0.15, -0.1) is 30.6 Å². The zero-order valence-corrected chi connectivity index (χ0v) is 15.0. The predicted molar refractivity (Wildman–Crippen MR) is 102 cm³/mol. The van der Waals surface area contributed by atoms with E-state index in [0.29, 0.717) is 13.1 Å². The van der Waals surface area contributed by atoms with Gasteiger partial charge in [0, 0.05) is 13.1 Å². The highest BCUT2D eigenvalue weighted by atomic mass is 127. The monoisotopic (exact) mass is 411 g/mol. The Bertz CT molecular complexity index is 592. The number of aliphatic imine (C=N–C) groups is 1. The lowest BCUT2D eigenvalue weighted by Crippen LogP contribution is -2.37. The number of imidazole rings is 1. The van der Waals surface area contributed by atoms with Gasteiger partial charge in [-0.1, -0.05) is 36.4 Å². The number of guanidine groups is 1. The first-order valence-electron chi connectivity index (χ1n) is 7.06. The SMILES string of the molecule is C=CCNC(=NCc1ncc(-c2ccccc2)[nH]1)NCC.I. The van der Waals surface area contributed by atoms with Crippen molar-refractivity contribution in [1.82, 2.24) is 20.6 Å². The van der Waals surface area contributed by atoms with E-state index in [2.05, 4.69) is 44.3 Å². The lowest BCUT2D eigenvalue weighted by molar-refractivity contribution is 0.845. The zero-order valence-electron chi connectivity index (χ0n) is 12.7. The Morgan fingerprint density at radius 2 is 2.09 bits per heavy atom. The number of hydrogen-bond donors (Lipinski definition) is 3. The van der Waals surface area contributed by atoms with Crippen molar-refractivity contribution in [2.45, 2.75) is 13.5 Å². The van der Waals surface area contributed by atoms with Gasteiger partial charge in [0.25, 0.3) is 0 Å². The molecule has 0 bridgehead atoms. The number of benzene rings is 1. The molecule has 0 saturated heterocycles. The van der Waals surface area contributed by atoms with Crippen LogP contribution in [-0.4, -0.2) is 29.0 Å². The number of hydrogen-bond acceptors (Lipinski definition) is 2. The minimum atomic E-state index is 0. The highest BCUT2D eigenvalue weighted by molar-refractivity contribution is 14.0. The molecule has 2 rings (SSSR count). The molecule has 0 aliphatic carbocycles. The molecule has 2 aromatic rings. The van der Waals surface area contributed by atoms with Crippen molar-refractivity contribution in [2.75, 3.05) is 13.1 Å². The van der Waals surface area contributed by atoms with Crippen molar-refractivity contribution in [1.29, 1.82) is 0 Å². The zero-order chi connectivity index (χ0) is 14.9. The van der Waals surface area contributed by atoms with Gasteiger partial charge in [0.05, 0.1) is 11.9 Å². The van der Waals surface area contributed by atoms with Crippen molar-refractivity contribution in [3.8, 4) is 11.3 Å². The Balaban J connectivity index is 0.00000242. The number of nitrogens with one attached hydrogen (secondary N) is 3. The molecule has 0 spiro atoms. The van der Waals surface area contributed by atoms with E-state index in [9.17, 15) is 0 Å². The highest BCUT2D eigenvalue weighted by Crippen LogP contribution is 2.16. The van der Waals surface area contributed by atoms with Crippen LogP contribution in [0.3, 0.4) is 0 Å². The minimum Gasteiger partial charge on any atom is -0.357 e. The molecule has 0 radical (unpaired) electrons. The summed E-state index contributed by atoms with van der Waals surface area (Å²) < 4.78 is 0. The van der Waals surface area contributed by atoms with Crippen LogP contribution >= 0.6 is 24.0 Å². The van der Waals surface area contributed by atoms with Crippen LogP contribution in [0, 0.1) is 0 Å². The molecule has 5 nitrogen and oxygen atoms in total. The first kappa shape index (κ1) is 18.2. The molecule has 1 aromatic heterocycles. The summed E-state index contributed by atoms with van der Waals surface area (Å²) in [6.07, 6.45) is 3.64. The average Bonchev–Trinajstić information content (AvgIpc) is 3.00. The third-order valence-electron chi connectivity index (χ3n) is 2.86. The normalized spacial score (nSPS) is 10.7. The van der Waals surface area contributed by atoms with Crippen LogP contribution in [0.1, 0.15) is 12.7 Å². The molecule has 0 aliphatic heterocycles. The Morgan fingerprint density at radius 1 is 1.32 bits per heavy atom. The molecule has 22 heavy (non-hydrogen) atoms. The number of H-pyrrole nitrogens is 1. The van der Waals surface area contributed by atoms with Crippen LogP contribution in [0.2, 0.25) is 0 Å². The van der Waals surface area contributed by atoms with E-state index in [1.54, 1.807) is 6.08 Å². The number of nitrogens with zero attached hydrogens (tertiary/aromatic N) is 2. The molecule has 0 atom stereocenters. The Kier molecular flexibility index (Phi) is 8.27. The van der Waals surface area contributed by atoms with E-state index < -0.39 is 0 Å². The molecule has 3 N–H and O–H groups in total. The quantitative estimate of drug-likeness (QED) is 0.297. The fourth-order valence-electron chi connectivity index (χ4n) is 1.87. The van der Waals surface area contributed by atoms with Gasteiger partial charge in [0.1, 0.15) is 12.4 Å². The fraction of sp³-hybridized carbons (Fsp3) is 0.250. The van der Waals surface area contributed by atoms with Crippen molar-refractivity contribution in [3.63, 3.8) is 0 Å². The Morgan fingerprint density at radius 3 is 2.77 bits per heavy atom. The number of halogens is 1. The molecular weight excluding hydrogens is 389 g/mol. The fourth-order valence-corrected chi connectivity index (χ4v) is 1.87. The maximum Gasteiger partial charge on any atom is 0.191 e. The van der Waals surface area contributed by atoms with E-state index in [-0.39, 0.29) is 24.0 Å². The topological polar surface area (TPSA) is 65.1 Å². The van der Waals surface area contributed by atoms with Crippen molar-refractivity contribution >= 4 is 29.9 Å². The van der Waals surface area contributed by atoms with Crippen LogP contribution in [0.4, 0.5) is 0 Å². The molecular formula is C16H22IN5. The summed E-state index contributed by atoms with van der Waals surface area (Å²) in [5, 5.41) is 6.33. The first-order chi connectivity index (χ1) is 10.3.